The molecule has 4 nitrogen and oxygen atoms in total. The van der Waals surface area contributed by atoms with Gasteiger partial charge in [0.15, 0.2) is 0 Å². The quantitative estimate of drug-likeness (QED) is 0.877. The molecule has 2 rings (SSSR count). The van der Waals surface area contributed by atoms with Crippen LogP contribution in [0.25, 0.3) is 0 Å². The Morgan fingerprint density at radius 3 is 3.12 bits per heavy atom. The van der Waals surface area contributed by atoms with Gasteiger partial charge in [-0.3, -0.25) is 9.48 Å². The van der Waals surface area contributed by atoms with Crippen molar-refractivity contribution >= 4 is 17.2 Å². The fraction of sp³-hybridized carbons (Fsp3) is 0.273. The number of aromatic nitrogens is 2. The number of hydrogen-bond acceptors (Lipinski definition) is 3. The summed E-state index contributed by atoms with van der Waals surface area (Å²) >= 11 is 1.45. The molecule has 1 unspecified atom stereocenters. The largest absolute Gasteiger partial charge is 0.347 e. The molecule has 5 heteroatoms. The first-order valence-corrected chi connectivity index (χ1v) is 5.95. The number of nitrogens with zero attached hydrogens (tertiary/aromatic N) is 2. The third-order valence-electron chi connectivity index (χ3n) is 2.14. The van der Waals surface area contributed by atoms with E-state index in [1.807, 2.05) is 36.7 Å². The molecule has 0 saturated carbocycles. The molecule has 84 valence electrons. The number of nitrogens with one attached hydrogen (secondary N) is 1. The van der Waals surface area contributed by atoms with Gasteiger partial charge in [-0.25, -0.2) is 0 Å². The zero-order chi connectivity index (χ0) is 11.4. The van der Waals surface area contributed by atoms with Gasteiger partial charge in [-0.1, -0.05) is 6.07 Å². The zero-order valence-electron chi connectivity index (χ0n) is 8.96. The van der Waals surface area contributed by atoms with Crippen LogP contribution in [-0.4, -0.2) is 21.7 Å². The molecule has 16 heavy (non-hydrogen) atoms. The Hall–Kier alpha value is -1.62. The van der Waals surface area contributed by atoms with Crippen molar-refractivity contribution in [2.75, 3.05) is 0 Å². The highest BCUT2D eigenvalue weighted by Crippen LogP contribution is 2.08. The van der Waals surface area contributed by atoms with Crippen molar-refractivity contribution < 1.29 is 4.79 Å². The first-order valence-electron chi connectivity index (χ1n) is 5.07. The summed E-state index contributed by atoms with van der Waals surface area (Å²) in [6.45, 7) is 2.65. The molecular formula is C11H13N3OS. The maximum Gasteiger partial charge on any atom is 0.261 e. The van der Waals surface area contributed by atoms with Gasteiger partial charge in [0.05, 0.1) is 11.4 Å². The monoisotopic (exact) mass is 235 g/mol. The van der Waals surface area contributed by atoms with Crippen molar-refractivity contribution in [3.05, 3.63) is 40.8 Å². The van der Waals surface area contributed by atoms with Crippen LogP contribution in [0.3, 0.4) is 0 Å². The maximum atomic E-state index is 11.7. The molecule has 0 aliphatic rings. The minimum Gasteiger partial charge on any atom is -0.347 e. The maximum absolute atomic E-state index is 11.7. The van der Waals surface area contributed by atoms with Gasteiger partial charge < -0.3 is 5.32 Å². The predicted octanol–water partition coefficient (Wildman–Crippen LogP) is 1.76. The van der Waals surface area contributed by atoms with Crippen molar-refractivity contribution in [3.8, 4) is 0 Å². The van der Waals surface area contributed by atoms with E-state index in [-0.39, 0.29) is 11.9 Å². The molecule has 1 amide bonds. The van der Waals surface area contributed by atoms with E-state index in [9.17, 15) is 4.79 Å². The van der Waals surface area contributed by atoms with E-state index in [1.165, 1.54) is 11.3 Å². The SMILES string of the molecule is CC(Cn1cccn1)NC(=O)c1cccs1. The van der Waals surface area contributed by atoms with Gasteiger partial charge in [0.1, 0.15) is 0 Å². The van der Waals surface area contributed by atoms with Crippen molar-refractivity contribution in [2.24, 2.45) is 0 Å². The molecule has 1 atom stereocenters. The molecule has 0 spiro atoms. The highest BCUT2D eigenvalue weighted by Gasteiger charge is 2.10. The third kappa shape index (κ3) is 2.70. The van der Waals surface area contributed by atoms with E-state index in [2.05, 4.69) is 10.4 Å². The summed E-state index contributed by atoms with van der Waals surface area (Å²) < 4.78 is 1.80. The molecule has 0 radical (unpaired) electrons. The lowest BCUT2D eigenvalue weighted by Gasteiger charge is -2.13. The standard InChI is InChI=1S/C11H13N3OS/c1-9(8-14-6-3-5-12-14)13-11(15)10-4-2-7-16-10/h2-7,9H,8H2,1H3,(H,13,15). The smallest absolute Gasteiger partial charge is 0.261 e. The molecular weight excluding hydrogens is 222 g/mol. The number of hydrogen-bond donors (Lipinski definition) is 1. The summed E-state index contributed by atoms with van der Waals surface area (Å²) in [5.74, 6) is -0.0188. The predicted molar refractivity (Wildman–Crippen MR) is 63.5 cm³/mol. The lowest BCUT2D eigenvalue weighted by Crippen LogP contribution is -2.35. The average Bonchev–Trinajstić information content (AvgIpc) is 2.88. The van der Waals surface area contributed by atoms with E-state index >= 15 is 0 Å². The number of amides is 1. The van der Waals surface area contributed by atoms with Gasteiger partial charge in [0.25, 0.3) is 5.91 Å². The Labute approximate surface area is 97.9 Å². The van der Waals surface area contributed by atoms with Crippen molar-refractivity contribution in [1.82, 2.24) is 15.1 Å². The molecule has 0 aromatic carbocycles. The number of rotatable bonds is 4. The second kappa shape index (κ2) is 4.94. The van der Waals surface area contributed by atoms with Crippen LogP contribution in [0.5, 0.6) is 0 Å². The van der Waals surface area contributed by atoms with Crippen molar-refractivity contribution in [1.29, 1.82) is 0 Å². The van der Waals surface area contributed by atoms with Gasteiger partial charge in [0.2, 0.25) is 0 Å². The summed E-state index contributed by atoms with van der Waals surface area (Å²) in [6.07, 6.45) is 3.61. The fourth-order valence-corrected chi connectivity index (χ4v) is 2.06. The van der Waals surface area contributed by atoms with Gasteiger partial charge in [-0.05, 0) is 24.4 Å². The fourth-order valence-electron chi connectivity index (χ4n) is 1.44. The lowest BCUT2D eigenvalue weighted by molar-refractivity contribution is 0.0940. The number of carbonyl (C=O) groups is 1. The van der Waals surface area contributed by atoms with Crippen LogP contribution >= 0.6 is 11.3 Å². The molecule has 0 aliphatic carbocycles. The van der Waals surface area contributed by atoms with Gasteiger partial charge >= 0.3 is 0 Å². The van der Waals surface area contributed by atoms with Crippen molar-refractivity contribution in [2.45, 2.75) is 19.5 Å². The molecule has 2 heterocycles. The zero-order valence-corrected chi connectivity index (χ0v) is 9.78. The van der Waals surface area contributed by atoms with E-state index in [0.717, 1.165) is 4.88 Å². The Morgan fingerprint density at radius 1 is 1.62 bits per heavy atom. The first-order chi connectivity index (χ1) is 7.75. The highest BCUT2D eigenvalue weighted by atomic mass is 32.1. The van der Waals surface area contributed by atoms with Crippen LogP contribution in [0.2, 0.25) is 0 Å². The molecule has 0 fully saturated rings. The number of thiophene rings is 1. The Bertz CT molecular complexity index is 436. The second-order valence-corrected chi connectivity index (χ2v) is 4.53. The molecule has 0 bridgehead atoms. The summed E-state index contributed by atoms with van der Waals surface area (Å²) in [4.78, 5) is 12.5. The van der Waals surface area contributed by atoms with Crippen molar-refractivity contribution in [3.63, 3.8) is 0 Å². The van der Waals surface area contributed by atoms with Crippen LogP contribution in [0, 0.1) is 0 Å². The summed E-state index contributed by atoms with van der Waals surface area (Å²) in [6, 6.07) is 5.63. The average molecular weight is 235 g/mol. The normalized spacial score (nSPS) is 12.3. The summed E-state index contributed by atoms with van der Waals surface area (Å²) in [7, 11) is 0. The minimum absolute atomic E-state index is 0.0188. The van der Waals surface area contributed by atoms with Gasteiger partial charge in [0, 0.05) is 18.4 Å². The molecule has 0 saturated heterocycles. The number of carbonyl (C=O) groups excluding carboxylic acids is 1. The third-order valence-corrected chi connectivity index (χ3v) is 3.01. The van der Waals surface area contributed by atoms with E-state index in [4.69, 9.17) is 0 Å². The van der Waals surface area contributed by atoms with Gasteiger partial charge in [-0.2, -0.15) is 5.10 Å². The highest BCUT2D eigenvalue weighted by molar-refractivity contribution is 7.12. The lowest BCUT2D eigenvalue weighted by atomic mass is 10.3. The minimum atomic E-state index is -0.0188. The first kappa shape index (κ1) is 10.9. The Kier molecular flexibility index (Phi) is 3.36. The van der Waals surface area contributed by atoms with Crippen LogP contribution in [0.1, 0.15) is 16.6 Å². The summed E-state index contributed by atoms with van der Waals surface area (Å²) in [5, 5.41) is 8.92. The Morgan fingerprint density at radius 2 is 2.50 bits per heavy atom. The van der Waals surface area contributed by atoms with Gasteiger partial charge in [-0.15, -0.1) is 11.3 Å². The molecule has 0 aliphatic heterocycles. The molecule has 2 aromatic heterocycles. The van der Waals surface area contributed by atoms with E-state index in [0.29, 0.717) is 6.54 Å². The van der Waals surface area contributed by atoms with E-state index in [1.54, 1.807) is 10.9 Å². The van der Waals surface area contributed by atoms with Crippen LogP contribution in [0.15, 0.2) is 36.0 Å². The van der Waals surface area contributed by atoms with E-state index < -0.39 is 0 Å². The van der Waals surface area contributed by atoms with Crippen LogP contribution in [-0.2, 0) is 6.54 Å². The summed E-state index contributed by atoms with van der Waals surface area (Å²) in [5.41, 5.74) is 0. The second-order valence-electron chi connectivity index (χ2n) is 3.58. The van der Waals surface area contributed by atoms with Crippen LogP contribution in [0.4, 0.5) is 0 Å². The Balaban J connectivity index is 1.88. The van der Waals surface area contributed by atoms with Crippen LogP contribution < -0.4 is 5.32 Å². The topological polar surface area (TPSA) is 46.9 Å². The molecule has 1 N–H and O–H groups in total. The molecule has 2 aromatic rings.